The lowest BCUT2D eigenvalue weighted by atomic mass is 10.2. The van der Waals surface area contributed by atoms with Gasteiger partial charge in [-0.1, -0.05) is 6.07 Å². The maximum absolute atomic E-state index is 4.40. The lowest BCUT2D eigenvalue weighted by Gasteiger charge is -1.99. The molecular weight excluding hydrogens is 160 g/mol. The molecule has 0 spiro atoms. The second-order valence-corrected chi connectivity index (χ2v) is 3.88. The minimum absolute atomic E-state index is 0.729. The van der Waals surface area contributed by atoms with Gasteiger partial charge in [0.1, 0.15) is 0 Å². The number of aryl methyl sites for hydroxylation is 1. The van der Waals surface area contributed by atoms with Gasteiger partial charge in [-0.2, -0.15) is 0 Å². The maximum Gasteiger partial charge on any atom is 0.0960 e. The summed E-state index contributed by atoms with van der Waals surface area (Å²) in [6, 6.07) is 7.21. The number of hydrogen-bond donors (Lipinski definition) is 0. The Morgan fingerprint density at radius 1 is 1.38 bits per heavy atom. The molecule has 66 valence electrons. The van der Waals surface area contributed by atoms with Crippen molar-refractivity contribution < 1.29 is 0 Å². The molecule has 1 heterocycles. The van der Waals surface area contributed by atoms with E-state index in [0.717, 1.165) is 11.6 Å². The van der Waals surface area contributed by atoms with Crippen LogP contribution >= 0.6 is 0 Å². The zero-order chi connectivity index (χ0) is 8.84. The fourth-order valence-electron chi connectivity index (χ4n) is 1.79. The van der Waals surface area contributed by atoms with Crippen molar-refractivity contribution in [2.75, 3.05) is 0 Å². The monoisotopic (exact) mass is 172 g/mol. The van der Waals surface area contributed by atoms with Crippen LogP contribution in [-0.2, 0) is 0 Å². The Hall–Kier alpha value is -1.31. The molecule has 0 aliphatic heterocycles. The van der Waals surface area contributed by atoms with Gasteiger partial charge in [-0.15, -0.1) is 0 Å². The van der Waals surface area contributed by atoms with Crippen LogP contribution in [0.25, 0.3) is 11.0 Å². The van der Waals surface area contributed by atoms with Gasteiger partial charge in [-0.25, -0.2) is 4.98 Å². The lowest BCUT2D eigenvalue weighted by Crippen LogP contribution is -1.89. The number of nitrogens with zero attached hydrogens (tertiary/aromatic N) is 2. The zero-order valence-corrected chi connectivity index (χ0v) is 7.70. The average Bonchev–Trinajstić information content (AvgIpc) is 2.87. The van der Waals surface area contributed by atoms with E-state index < -0.39 is 0 Å². The van der Waals surface area contributed by atoms with Crippen LogP contribution in [0.3, 0.4) is 0 Å². The van der Waals surface area contributed by atoms with E-state index in [-0.39, 0.29) is 0 Å². The third kappa shape index (κ3) is 1.05. The Labute approximate surface area is 77.2 Å². The number of imidazole rings is 1. The van der Waals surface area contributed by atoms with Crippen LogP contribution in [0.1, 0.15) is 24.4 Å². The highest BCUT2D eigenvalue weighted by Crippen LogP contribution is 2.36. The summed E-state index contributed by atoms with van der Waals surface area (Å²) in [5, 5.41) is 0. The molecule has 1 aliphatic carbocycles. The zero-order valence-electron chi connectivity index (χ0n) is 7.70. The molecule has 0 bridgehead atoms. The second kappa shape index (κ2) is 2.34. The van der Waals surface area contributed by atoms with Crippen LogP contribution in [0.15, 0.2) is 24.5 Å². The van der Waals surface area contributed by atoms with Crippen LogP contribution in [-0.4, -0.2) is 9.55 Å². The van der Waals surface area contributed by atoms with Gasteiger partial charge in [0.25, 0.3) is 0 Å². The van der Waals surface area contributed by atoms with Crippen molar-refractivity contribution in [3.63, 3.8) is 0 Å². The van der Waals surface area contributed by atoms with Crippen molar-refractivity contribution in [2.45, 2.75) is 25.8 Å². The highest BCUT2D eigenvalue weighted by molar-refractivity contribution is 5.76. The van der Waals surface area contributed by atoms with Crippen molar-refractivity contribution in [1.29, 1.82) is 0 Å². The number of fused-ring (bicyclic) bond motifs is 1. The van der Waals surface area contributed by atoms with Crippen molar-refractivity contribution in [3.05, 3.63) is 30.1 Å². The molecule has 0 N–H and O–H groups in total. The Bertz CT molecular complexity index is 452. The molecule has 3 rings (SSSR count). The van der Waals surface area contributed by atoms with Crippen molar-refractivity contribution in [1.82, 2.24) is 9.55 Å². The Morgan fingerprint density at radius 3 is 3.00 bits per heavy atom. The highest BCUT2D eigenvalue weighted by Gasteiger charge is 2.24. The topological polar surface area (TPSA) is 17.8 Å². The van der Waals surface area contributed by atoms with Gasteiger partial charge >= 0.3 is 0 Å². The van der Waals surface area contributed by atoms with Gasteiger partial charge in [-0.3, -0.25) is 0 Å². The summed E-state index contributed by atoms with van der Waals surface area (Å²) >= 11 is 0. The van der Waals surface area contributed by atoms with Crippen LogP contribution in [0.4, 0.5) is 0 Å². The molecule has 1 aromatic heterocycles. The first kappa shape index (κ1) is 7.13. The van der Waals surface area contributed by atoms with Gasteiger partial charge < -0.3 is 4.57 Å². The van der Waals surface area contributed by atoms with Crippen LogP contribution < -0.4 is 0 Å². The standard InChI is InChI=1S/C11H12N2/c1-8-2-5-11-10(6-8)12-7-13(11)9-3-4-9/h2,5-7,9H,3-4H2,1H3. The minimum Gasteiger partial charge on any atom is -0.327 e. The van der Waals surface area contributed by atoms with Gasteiger partial charge in [0.05, 0.1) is 17.4 Å². The SMILES string of the molecule is Cc1ccc2c(c1)ncn2C1CC1. The molecule has 0 saturated heterocycles. The molecule has 2 aromatic rings. The summed E-state index contributed by atoms with van der Waals surface area (Å²) in [4.78, 5) is 4.40. The number of rotatable bonds is 1. The van der Waals surface area contributed by atoms with E-state index in [1.807, 2.05) is 6.33 Å². The smallest absolute Gasteiger partial charge is 0.0960 e. The fraction of sp³-hybridized carbons (Fsp3) is 0.364. The predicted molar refractivity (Wildman–Crippen MR) is 52.7 cm³/mol. The lowest BCUT2D eigenvalue weighted by molar-refractivity contribution is 0.766. The van der Waals surface area contributed by atoms with Crippen molar-refractivity contribution in [3.8, 4) is 0 Å². The molecule has 13 heavy (non-hydrogen) atoms. The normalized spacial score (nSPS) is 16.7. The third-order valence-corrected chi connectivity index (χ3v) is 2.67. The summed E-state index contributed by atoms with van der Waals surface area (Å²) in [5.74, 6) is 0. The van der Waals surface area contributed by atoms with Crippen LogP contribution in [0.5, 0.6) is 0 Å². The third-order valence-electron chi connectivity index (χ3n) is 2.67. The second-order valence-electron chi connectivity index (χ2n) is 3.88. The summed E-state index contributed by atoms with van der Waals surface area (Å²) < 4.78 is 2.30. The molecule has 2 nitrogen and oxygen atoms in total. The number of benzene rings is 1. The summed E-state index contributed by atoms with van der Waals surface area (Å²) in [6.07, 6.45) is 4.61. The van der Waals surface area contributed by atoms with Gasteiger partial charge in [0, 0.05) is 6.04 Å². The first-order valence-electron chi connectivity index (χ1n) is 4.78. The van der Waals surface area contributed by atoms with Crippen LogP contribution in [0.2, 0.25) is 0 Å². The summed E-state index contributed by atoms with van der Waals surface area (Å²) in [6.45, 7) is 2.11. The minimum atomic E-state index is 0.729. The quantitative estimate of drug-likeness (QED) is 0.646. The maximum atomic E-state index is 4.40. The van der Waals surface area contributed by atoms with E-state index in [1.165, 1.54) is 23.9 Å². The number of hydrogen-bond acceptors (Lipinski definition) is 1. The first-order chi connectivity index (χ1) is 6.34. The summed E-state index contributed by atoms with van der Waals surface area (Å²) in [5.41, 5.74) is 3.70. The molecule has 0 atom stereocenters. The molecule has 1 aliphatic rings. The average molecular weight is 172 g/mol. The highest BCUT2D eigenvalue weighted by atomic mass is 15.1. The van der Waals surface area contributed by atoms with E-state index in [1.54, 1.807) is 0 Å². The van der Waals surface area contributed by atoms with E-state index in [2.05, 4.69) is 34.7 Å². The van der Waals surface area contributed by atoms with E-state index in [4.69, 9.17) is 0 Å². The van der Waals surface area contributed by atoms with Gasteiger partial charge in [-0.05, 0) is 37.5 Å². The van der Waals surface area contributed by atoms with E-state index in [0.29, 0.717) is 0 Å². The Kier molecular flexibility index (Phi) is 1.29. The molecule has 0 radical (unpaired) electrons. The predicted octanol–water partition coefficient (Wildman–Crippen LogP) is 2.68. The van der Waals surface area contributed by atoms with Gasteiger partial charge in [0.15, 0.2) is 0 Å². The largest absolute Gasteiger partial charge is 0.327 e. The van der Waals surface area contributed by atoms with Crippen molar-refractivity contribution >= 4 is 11.0 Å². The Morgan fingerprint density at radius 2 is 2.23 bits per heavy atom. The Balaban J connectivity index is 2.26. The molecule has 1 aromatic carbocycles. The van der Waals surface area contributed by atoms with E-state index >= 15 is 0 Å². The number of aromatic nitrogens is 2. The van der Waals surface area contributed by atoms with E-state index in [9.17, 15) is 0 Å². The molecular formula is C11H12N2. The summed E-state index contributed by atoms with van der Waals surface area (Å²) in [7, 11) is 0. The molecule has 0 unspecified atom stereocenters. The fourth-order valence-corrected chi connectivity index (χ4v) is 1.79. The van der Waals surface area contributed by atoms with Gasteiger partial charge in [0.2, 0.25) is 0 Å². The van der Waals surface area contributed by atoms with Crippen LogP contribution in [0, 0.1) is 6.92 Å². The molecule has 2 heteroatoms. The molecule has 1 saturated carbocycles. The van der Waals surface area contributed by atoms with Crippen molar-refractivity contribution in [2.24, 2.45) is 0 Å². The molecule has 0 amide bonds. The first-order valence-corrected chi connectivity index (χ1v) is 4.78. The molecule has 1 fully saturated rings.